The van der Waals surface area contributed by atoms with Crippen molar-refractivity contribution >= 4 is 29.2 Å². The molecule has 1 aliphatic rings. The Hall–Kier alpha value is -3.65. The van der Waals surface area contributed by atoms with E-state index in [1.807, 2.05) is 36.4 Å². The number of furan rings is 1. The molecule has 1 aliphatic heterocycles. The highest BCUT2D eigenvalue weighted by molar-refractivity contribution is 6.33. The van der Waals surface area contributed by atoms with E-state index in [0.717, 1.165) is 11.4 Å². The summed E-state index contributed by atoms with van der Waals surface area (Å²) in [7, 11) is 0. The molecule has 0 bridgehead atoms. The smallest absolute Gasteiger partial charge is 0.290 e. The number of aromatic nitrogens is 2. The molecule has 9 heteroatoms. The molecule has 3 heterocycles. The molecule has 0 saturated carbocycles. The van der Waals surface area contributed by atoms with Crippen LogP contribution in [0.2, 0.25) is 5.02 Å². The highest BCUT2D eigenvalue weighted by Crippen LogP contribution is 2.26. The van der Waals surface area contributed by atoms with Crippen LogP contribution in [-0.4, -0.2) is 71.1 Å². The summed E-state index contributed by atoms with van der Waals surface area (Å²) in [6, 6.07) is 14.5. The summed E-state index contributed by atoms with van der Waals surface area (Å²) in [5, 5.41) is 9.30. The normalized spacial score (nSPS) is 13.6. The third-order valence-corrected chi connectivity index (χ3v) is 5.78. The van der Waals surface area contributed by atoms with Crippen molar-refractivity contribution in [2.75, 3.05) is 44.2 Å². The molecule has 1 aromatic carbocycles. The fourth-order valence-electron chi connectivity index (χ4n) is 3.69. The zero-order valence-electron chi connectivity index (χ0n) is 18.1. The van der Waals surface area contributed by atoms with Crippen molar-refractivity contribution < 1.29 is 14.0 Å². The maximum atomic E-state index is 12.8. The Morgan fingerprint density at radius 3 is 2.48 bits per heavy atom. The summed E-state index contributed by atoms with van der Waals surface area (Å²) in [4.78, 5) is 30.7. The number of hydrogen-bond acceptors (Lipinski definition) is 6. The van der Waals surface area contributed by atoms with Crippen molar-refractivity contribution in [2.45, 2.75) is 0 Å². The van der Waals surface area contributed by atoms with Gasteiger partial charge in [-0.1, -0.05) is 35.9 Å². The fraction of sp³-hybridized carbons (Fsp3) is 0.250. The zero-order valence-corrected chi connectivity index (χ0v) is 18.8. The lowest BCUT2D eigenvalue weighted by Gasteiger charge is -2.36. The molecule has 2 aromatic heterocycles. The zero-order chi connectivity index (χ0) is 23.2. The van der Waals surface area contributed by atoms with Crippen LogP contribution in [0.4, 0.5) is 5.82 Å². The summed E-state index contributed by atoms with van der Waals surface area (Å²) < 4.78 is 5.18. The van der Waals surface area contributed by atoms with E-state index in [1.54, 1.807) is 23.1 Å². The molecule has 0 N–H and O–H groups in total. The molecule has 3 aromatic rings. The first-order valence-electron chi connectivity index (χ1n) is 10.6. The molecule has 33 heavy (non-hydrogen) atoms. The first-order chi connectivity index (χ1) is 16.1. The number of rotatable bonds is 7. The lowest BCUT2D eigenvalue weighted by molar-refractivity contribution is -0.132. The predicted octanol–water partition coefficient (Wildman–Crippen LogP) is 3.37. The van der Waals surface area contributed by atoms with Gasteiger partial charge in [0.2, 0.25) is 5.91 Å². The van der Waals surface area contributed by atoms with Crippen LogP contribution in [0.3, 0.4) is 0 Å². The van der Waals surface area contributed by atoms with Crippen LogP contribution < -0.4 is 4.90 Å². The van der Waals surface area contributed by atoms with Crippen molar-refractivity contribution in [2.24, 2.45) is 0 Å². The quantitative estimate of drug-likeness (QED) is 0.497. The van der Waals surface area contributed by atoms with Gasteiger partial charge in [-0.05, 0) is 30.3 Å². The van der Waals surface area contributed by atoms with Crippen LogP contribution in [0.15, 0.2) is 71.9 Å². The van der Waals surface area contributed by atoms with Crippen LogP contribution in [0, 0.1) is 0 Å². The standard InChI is InChI=1S/C24H24ClN5O3/c1-2-11-30(24(32)21-8-5-16-33-21)17-23(31)29-14-12-28(13-15-29)22-10-9-20(26-27-22)18-6-3-4-7-19(18)25/h2-10,16H,1,11-15,17H2. The van der Waals surface area contributed by atoms with Gasteiger partial charge < -0.3 is 19.1 Å². The summed E-state index contributed by atoms with van der Waals surface area (Å²) >= 11 is 6.25. The van der Waals surface area contributed by atoms with Gasteiger partial charge in [-0.25, -0.2) is 0 Å². The summed E-state index contributed by atoms with van der Waals surface area (Å²) in [5.74, 6) is 0.504. The Morgan fingerprint density at radius 1 is 1.06 bits per heavy atom. The molecule has 1 fully saturated rings. The third-order valence-electron chi connectivity index (χ3n) is 5.45. The van der Waals surface area contributed by atoms with E-state index < -0.39 is 0 Å². The monoisotopic (exact) mass is 465 g/mol. The van der Waals surface area contributed by atoms with E-state index in [1.165, 1.54) is 11.2 Å². The SMILES string of the molecule is C=CCN(CC(=O)N1CCN(c2ccc(-c3ccccc3Cl)nn2)CC1)C(=O)c1ccco1. The van der Waals surface area contributed by atoms with Crippen LogP contribution >= 0.6 is 11.6 Å². The maximum Gasteiger partial charge on any atom is 0.290 e. The highest BCUT2D eigenvalue weighted by atomic mass is 35.5. The molecule has 8 nitrogen and oxygen atoms in total. The molecule has 0 aliphatic carbocycles. The average Bonchev–Trinajstić information content (AvgIpc) is 3.39. The van der Waals surface area contributed by atoms with Crippen LogP contribution in [-0.2, 0) is 4.79 Å². The number of hydrogen-bond donors (Lipinski definition) is 0. The summed E-state index contributed by atoms with van der Waals surface area (Å²) in [6.45, 7) is 6.23. The number of piperazine rings is 1. The molecule has 0 unspecified atom stereocenters. The second-order valence-corrected chi connectivity index (χ2v) is 7.98. The molecule has 170 valence electrons. The lowest BCUT2D eigenvalue weighted by atomic mass is 10.1. The fourth-order valence-corrected chi connectivity index (χ4v) is 3.92. The Kier molecular flexibility index (Phi) is 7.04. The van der Waals surface area contributed by atoms with Crippen LogP contribution in [0.1, 0.15) is 10.6 Å². The molecule has 2 amide bonds. The minimum Gasteiger partial charge on any atom is -0.459 e. The Morgan fingerprint density at radius 2 is 1.85 bits per heavy atom. The van der Waals surface area contributed by atoms with E-state index in [4.69, 9.17) is 16.0 Å². The van der Waals surface area contributed by atoms with Gasteiger partial charge in [0.1, 0.15) is 6.54 Å². The molecular weight excluding hydrogens is 442 g/mol. The minimum absolute atomic E-state index is 0.0299. The lowest BCUT2D eigenvalue weighted by Crippen LogP contribution is -2.52. The molecule has 0 spiro atoms. The van der Waals surface area contributed by atoms with Gasteiger partial charge >= 0.3 is 0 Å². The Labute approximate surface area is 197 Å². The topological polar surface area (TPSA) is 82.8 Å². The van der Waals surface area contributed by atoms with Crippen LogP contribution in [0.25, 0.3) is 11.3 Å². The molecule has 0 atom stereocenters. The minimum atomic E-state index is -0.333. The van der Waals surface area contributed by atoms with Gasteiger partial charge in [0.15, 0.2) is 11.6 Å². The number of nitrogens with zero attached hydrogens (tertiary/aromatic N) is 5. The van der Waals surface area contributed by atoms with Crippen molar-refractivity contribution in [1.82, 2.24) is 20.0 Å². The first kappa shape index (κ1) is 22.5. The number of carbonyl (C=O) groups is 2. The number of anilines is 1. The van der Waals surface area contributed by atoms with E-state index >= 15 is 0 Å². The Bertz CT molecular complexity index is 1110. The predicted molar refractivity (Wildman–Crippen MR) is 126 cm³/mol. The number of amides is 2. The Balaban J connectivity index is 1.34. The van der Waals surface area contributed by atoms with Crippen molar-refractivity contribution in [3.63, 3.8) is 0 Å². The number of benzene rings is 1. The first-order valence-corrected chi connectivity index (χ1v) is 11.0. The second-order valence-electron chi connectivity index (χ2n) is 7.58. The van der Waals surface area contributed by atoms with E-state index in [2.05, 4.69) is 21.7 Å². The highest BCUT2D eigenvalue weighted by Gasteiger charge is 2.26. The van der Waals surface area contributed by atoms with Gasteiger partial charge in [-0.3, -0.25) is 9.59 Å². The number of halogens is 1. The third kappa shape index (κ3) is 5.23. The number of carbonyl (C=O) groups excluding carboxylic acids is 2. The van der Waals surface area contributed by atoms with Crippen molar-refractivity contribution in [1.29, 1.82) is 0 Å². The largest absolute Gasteiger partial charge is 0.459 e. The van der Waals surface area contributed by atoms with Gasteiger partial charge in [0.25, 0.3) is 5.91 Å². The van der Waals surface area contributed by atoms with Gasteiger partial charge in [0, 0.05) is 38.3 Å². The summed E-state index contributed by atoms with van der Waals surface area (Å²) in [5.41, 5.74) is 1.54. The molecule has 0 radical (unpaired) electrons. The van der Waals surface area contributed by atoms with Crippen molar-refractivity contribution in [3.05, 3.63) is 78.2 Å². The molecule has 4 rings (SSSR count). The van der Waals surface area contributed by atoms with Crippen LogP contribution in [0.5, 0.6) is 0 Å². The average molecular weight is 466 g/mol. The molecule has 1 saturated heterocycles. The van der Waals surface area contributed by atoms with Gasteiger partial charge in [-0.15, -0.1) is 16.8 Å². The van der Waals surface area contributed by atoms with Gasteiger partial charge in [0.05, 0.1) is 17.0 Å². The van der Waals surface area contributed by atoms with Crippen molar-refractivity contribution in [3.8, 4) is 11.3 Å². The summed E-state index contributed by atoms with van der Waals surface area (Å²) in [6.07, 6.45) is 3.03. The maximum absolute atomic E-state index is 12.8. The van der Waals surface area contributed by atoms with E-state index in [0.29, 0.717) is 36.9 Å². The van der Waals surface area contributed by atoms with E-state index in [9.17, 15) is 9.59 Å². The van der Waals surface area contributed by atoms with Gasteiger partial charge in [-0.2, -0.15) is 0 Å². The molecular formula is C24H24ClN5O3. The van der Waals surface area contributed by atoms with E-state index in [-0.39, 0.29) is 30.7 Å². The second kappa shape index (κ2) is 10.3.